The van der Waals surface area contributed by atoms with Crippen LogP contribution < -0.4 is 9.47 Å². The van der Waals surface area contributed by atoms with Crippen LogP contribution in [0, 0.1) is 5.82 Å². The van der Waals surface area contributed by atoms with E-state index in [-0.39, 0.29) is 30.1 Å². The summed E-state index contributed by atoms with van der Waals surface area (Å²) in [5, 5.41) is 0.0519. The van der Waals surface area contributed by atoms with Gasteiger partial charge < -0.3 is 9.47 Å². The monoisotopic (exact) mass is 519 g/mol. The van der Waals surface area contributed by atoms with Crippen molar-refractivity contribution in [1.29, 1.82) is 0 Å². The van der Waals surface area contributed by atoms with Gasteiger partial charge in [-0.2, -0.15) is 0 Å². The van der Waals surface area contributed by atoms with Gasteiger partial charge in [0, 0.05) is 5.02 Å². The highest BCUT2D eigenvalue weighted by Gasteiger charge is 2.39. The van der Waals surface area contributed by atoms with Crippen LogP contribution in [0.1, 0.15) is 16.7 Å². The van der Waals surface area contributed by atoms with E-state index in [1.165, 1.54) is 24.1 Å². The number of hydrogen-bond acceptors (Lipinski definition) is 5. The van der Waals surface area contributed by atoms with Crippen molar-refractivity contribution in [3.63, 3.8) is 0 Å². The highest BCUT2D eigenvalue weighted by Crippen LogP contribution is 2.39. The van der Waals surface area contributed by atoms with Crippen molar-refractivity contribution in [3.05, 3.63) is 93.2 Å². The second-order valence-electron chi connectivity index (χ2n) is 7.65. The van der Waals surface area contributed by atoms with Crippen LogP contribution in [0.25, 0.3) is 0 Å². The van der Waals surface area contributed by atoms with E-state index in [0.717, 1.165) is 28.5 Å². The summed E-state index contributed by atoms with van der Waals surface area (Å²) in [4.78, 5) is 26.7. The maximum Gasteiger partial charge on any atom is 0.289 e. The van der Waals surface area contributed by atoms with E-state index in [4.69, 9.17) is 32.7 Å². The molecule has 1 aliphatic rings. The van der Waals surface area contributed by atoms with E-state index in [1.807, 2.05) is 0 Å². The molecule has 1 heterocycles. The maximum atomic E-state index is 13.1. The van der Waals surface area contributed by atoms with Gasteiger partial charge in [0.2, 0.25) is 5.91 Å². The van der Waals surface area contributed by atoms with Crippen LogP contribution in [0.4, 0.5) is 9.18 Å². The minimum atomic E-state index is -0.563. The molecule has 5 nitrogen and oxygen atoms in total. The van der Waals surface area contributed by atoms with E-state index in [9.17, 15) is 14.0 Å². The first-order chi connectivity index (χ1) is 16.3. The molecule has 2 amide bonds. The Morgan fingerprint density at radius 2 is 1.65 bits per heavy atom. The molecule has 9 heteroatoms. The van der Waals surface area contributed by atoms with Gasteiger partial charge in [-0.3, -0.25) is 14.5 Å². The Bertz CT molecular complexity index is 1200. The summed E-state index contributed by atoms with van der Waals surface area (Å²) in [5.41, 5.74) is 2.33. The molecule has 1 saturated heterocycles. The number of ether oxygens (including phenoxy) is 2. The van der Waals surface area contributed by atoms with Gasteiger partial charge >= 0.3 is 0 Å². The van der Waals surface area contributed by atoms with Crippen LogP contribution in [-0.4, -0.2) is 28.4 Å². The number of nitrogens with zero attached hydrogens (tertiary/aromatic N) is 1. The van der Waals surface area contributed by atoms with Crippen molar-refractivity contribution in [2.45, 2.75) is 24.8 Å². The highest BCUT2D eigenvalue weighted by atomic mass is 35.5. The van der Waals surface area contributed by atoms with Crippen LogP contribution in [0.15, 0.2) is 60.7 Å². The zero-order valence-electron chi connectivity index (χ0n) is 18.1. The molecule has 0 aliphatic carbocycles. The summed E-state index contributed by atoms with van der Waals surface area (Å²) < 4.78 is 24.4. The first-order valence-corrected chi connectivity index (χ1v) is 12.0. The number of imide groups is 1. The van der Waals surface area contributed by atoms with Crippen LogP contribution in [0.3, 0.4) is 0 Å². The van der Waals surface area contributed by atoms with Gasteiger partial charge in [0.15, 0.2) is 11.5 Å². The molecule has 0 bridgehead atoms. The number of halogens is 3. The molecule has 176 valence electrons. The second-order valence-corrected chi connectivity index (χ2v) is 9.65. The van der Waals surface area contributed by atoms with E-state index in [0.29, 0.717) is 28.0 Å². The third-order valence-electron chi connectivity index (χ3n) is 5.27. The predicted molar refractivity (Wildman–Crippen MR) is 131 cm³/mol. The fourth-order valence-electron chi connectivity index (χ4n) is 3.52. The van der Waals surface area contributed by atoms with Crippen molar-refractivity contribution in [2.75, 3.05) is 7.11 Å². The predicted octanol–water partition coefficient (Wildman–Crippen LogP) is 6.53. The number of hydrogen-bond donors (Lipinski definition) is 0. The molecule has 0 unspecified atom stereocenters. The largest absolute Gasteiger partial charge is 0.493 e. The number of thioether (sulfide) groups is 1. The lowest BCUT2D eigenvalue weighted by Gasteiger charge is -2.16. The zero-order valence-corrected chi connectivity index (χ0v) is 20.4. The Morgan fingerprint density at radius 1 is 0.971 bits per heavy atom. The standard InChI is InChI=1S/C25H20Cl2FNO4S/c1-32-21-11-17(10-20(27)23(21)33-14-16-4-8-19(28)9-5-16)12-22-24(30)29(25(31)34-22)13-15-2-6-18(26)7-3-15/h2-11,22H,12-14H2,1H3/t22-/m0/s1. The van der Waals surface area contributed by atoms with Crippen LogP contribution in [-0.2, 0) is 24.4 Å². The zero-order chi connectivity index (χ0) is 24.2. The summed E-state index contributed by atoms with van der Waals surface area (Å²) in [6.07, 6.45) is 0.306. The van der Waals surface area contributed by atoms with E-state index in [2.05, 4.69) is 0 Å². The Hall–Kier alpha value is -2.74. The average Bonchev–Trinajstić information content (AvgIpc) is 3.07. The number of benzene rings is 3. The molecule has 4 rings (SSSR count). The summed E-state index contributed by atoms with van der Waals surface area (Å²) in [6.45, 7) is 0.374. The third kappa shape index (κ3) is 5.66. The molecular weight excluding hydrogens is 500 g/mol. The topological polar surface area (TPSA) is 55.8 Å². The number of carbonyl (C=O) groups is 2. The first kappa shape index (κ1) is 24.4. The molecule has 1 fully saturated rings. The SMILES string of the molecule is COc1cc(C[C@@H]2SC(=O)N(Cc3ccc(Cl)cc3)C2=O)cc(Cl)c1OCc1ccc(F)cc1. The minimum absolute atomic E-state index is 0.181. The van der Waals surface area contributed by atoms with Crippen molar-refractivity contribution >= 4 is 46.1 Å². The number of rotatable bonds is 8. The lowest BCUT2D eigenvalue weighted by atomic mass is 10.1. The molecular formula is C25H20Cl2FNO4S. The van der Waals surface area contributed by atoms with E-state index in [1.54, 1.807) is 48.5 Å². The summed E-state index contributed by atoms with van der Waals surface area (Å²) in [6, 6.07) is 16.4. The number of methoxy groups -OCH3 is 1. The molecule has 0 N–H and O–H groups in total. The minimum Gasteiger partial charge on any atom is -0.493 e. The van der Waals surface area contributed by atoms with Crippen LogP contribution in [0.2, 0.25) is 10.0 Å². The Morgan fingerprint density at radius 3 is 2.32 bits per heavy atom. The quantitative estimate of drug-likeness (QED) is 0.338. The molecule has 34 heavy (non-hydrogen) atoms. The number of carbonyl (C=O) groups excluding carboxylic acids is 2. The van der Waals surface area contributed by atoms with Gasteiger partial charge in [-0.15, -0.1) is 0 Å². The van der Waals surface area contributed by atoms with Gasteiger partial charge in [-0.1, -0.05) is 59.2 Å². The molecule has 3 aromatic rings. The van der Waals surface area contributed by atoms with Crippen molar-refractivity contribution in [1.82, 2.24) is 4.90 Å². The van der Waals surface area contributed by atoms with Crippen molar-refractivity contribution in [2.24, 2.45) is 0 Å². The molecule has 3 aromatic carbocycles. The van der Waals surface area contributed by atoms with Gasteiger partial charge in [-0.05, 0) is 59.5 Å². The van der Waals surface area contributed by atoms with Gasteiger partial charge in [-0.25, -0.2) is 4.39 Å². The molecule has 0 spiro atoms. The fourth-order valence-corrected chi connectivity index (χ4v) is 4.97. The second kappa shape index (κ2) is 10.7. The Kier molecular flexibility index (Phi) is 7.66. The lowest BCUT2D eigenvalue weighted by molar-refractivity contribution is -0.127. The molecule has 0 radical (unpaired) electrons. The maximum absolute atomic E-state index is 13.1. The smallest absolute Gasteiger partial charge is 0.289 e. The third-order valence-corrected chi connectivity index (χ3v) is 6.87. The Balaban J connectivity index is 1.45. The van der Waals surface area contributed by atoms with Crippen molar-refractivity contribution < 1.29 is 23.5 Å². The summed E-state index contributed by atoms with van der Waals surface area (Å²) in [5.74, 6) is 0.178. The van der Waals surface area contributed by atoms with Gasteiger partial charge in [0.05, 0.1) is 23.9 Å². The van der Waals surface area contributed by atoms with Crippen LogP contribution >= 0.6 is 35.0 Å². The van der Waals surface area contributed by atoms with Crippen LogP contribution in [0.5, 0.6) is 11.5 Å². The molecule has 1 atom stereocenters. The van der Waals surface area contributed by atoms with Crippen molar-refractivity contribution in [3.8, 4) is 11.5 Å². The first-order valence-electron chi connectivity index (χ1n) is 10.3. The molecule has 0 saturated carbocycles. The fraction of sp³-hybridized carbons (Fsp3) is 0.200. The normalized spacial score (nSPS) is 15.6. The summed E-state index contributed by atoms with van der Waals surface area (Å²) in [7, 11) is 1.49. The average molecular weight is 520 g/mol. The van der Waals surface area contributed by atoms with E-state index >= 15 is 0 Å². The Labute approximate surface area is 210 Å². The molecule has 0 aromatic heterocycles. The molecule has 1 aliphatic heterocycles. The van der Waals surface area contributed by atoms with Gasteiger partial charge in [0.1, 0.15) is 12.4 Å². The van der Waals surface area contributed by atoms with E-state index < -0.39 is 5.25 Å². The number of amides is 2. The lowest BCUT2D eigenvalue weighted by Crippen LogP contribution is -2.31. The highest BCUT2D eigenvalue weighted by molar-refractivity contribution is 8.15. The summed E-state index contributed by atoms with van der Waals surface area (Å²) >= 11 is 13.4. The van der Waals surface area contributed by atoms with Gasteiger partial charge in [0.25, 0.3) is 5.24 Å².